The van der Waals surface area contributed by atoms with Crippen molar-refractivity contribution in [2.75, 3.05) is 19.0 Å². The molecular weight excluding hydrogens is 358 g/mol. The topological polar surface area (TPSA) is 80.6 Å². The molecule has 0 unspecified atom stereocenters. The van der Waals surface area contributed by atoms with Crippen LogP contribution in [-0.4, -0.2) is 26.2 Å². The van der Waals surface area contributed by atoms with Crippen LogP contribution in [0.4, 0.5) is 14.5 Å². The van der Waals surface area contributed by atoms with Crippen LogP contribution >= 0.6 is 0 Å². The molecule has 0 saturated heterocycles. The van der Waals surface area contributed by atoms with Gasteiger partial charge in [-0.1, -0.05) is 6.07 Å². The van der Waals surface area contributed by atoms with E-state index in [2.05, 4.69) is 10.1 Å². The van der Waals surface area contributed by atoms with E-state index in [9.17, 15) is 13.6 Å². The van der Waals surface area contributed by atoms with Crippen LogP contribution in [0.15, 0.2) is 48.5 Å². The number of benzene rings is 2. The van der Waals surface area contributed by atoms with E-state index in [-0.39, 0.29) is 12.4 Å². The number of ether oxygens (including phenoxy) is 3. The summed E-state index contributed by atoms with van der Waals surface area (Å²) in [7, 11) is 1.47. The third-order valence-electron chi connectivity index (χ3n) is 3.25. The third kappa shape index (κ3) is 6.32. The lowest BCUT2D eigenvalue weighted by atomic mass is 10.2. The summed E-state index contributed by atoms with van der Waals surface area (Å²) in [5, 5.41) is 11.2. The van der Waals surface area contributed by atoms with Gasteiger partial charge in [0.05, 0.1) is 7.11 Å². The lowest BCUT2D eigenvalue weighted by molar-refractivity contribution is -0.111. The highest BCUT2D eigenvalue weighted by Gasteiger charge is 2.06. The summed E-state index contributed by atoms with van der Waals surface area (Å²) >= 11 is 0. The molecule has 2 aromatic carbocycles. The molecule has 0 aliphatic heterocycles. The number of hydrogen-bond donors (Lipinski definition) is 1. The molecular formula is C19H16F2N2O4. The first-order valence-electron chi connectivity index (χ1n) is 7.73. The van der Waals surface area contributed by atoms with Crippen LogP contribution in [0.25, 0.3) is 6.08 Å². The number of halogens is 2. The van der Waals surface area contributed by atoms with Gasteiger partial charge in [-0.3, -0.25) is 4.79 Å². The van der Waals surface area contributed by atoms with Gasteiger partial charge in [-0.25, -0.2) is 0 Å². The standard InChI is InChI=1S/C19H16F2N2O4/c1-25-17-12-13(2-8-16(17)26-11-10-22)3-9-18(24)23-14-4-6-15(7-5-14)27-19(20)21/h2-9,12,19H,11H2,1H3,(H,23,24)/b9-3+. The number of nitrogens with zero attached hydrogens (tertiary/aromatic N) is 1. The number of methoxy groups -OCH3 is 1. The van der Waals surface area contributed by atoms with Gasteiger partial charge < -0.3 is 19.5 Å². The van der Waals surface area contributed by atoms with Gasteiger partial charge in [0.2, 0.25) is 5.91 Å². The van der Waals surface area contributed by atoms with E-state index < -0.39 is 12.5 Å². The molecule has 1 amide bonds. The minimum absolute atomic E-state index is 0.00402. The predicted molar refractivity (Wildman–Crippen MR) is 94.8 cm³/mol. The van der Waals surface area contributed by atoms with E-state index in [1.54, 1.807) is 24.3 Å². The van der Waals surface area contributed by atoms with Gasteiger partial charge in [-0.2, -0.15) is 14.0 Å². The fraction of sp³-hybridized carbons (Fsp3) is 0.158. The molecule has 0 atom stereocenters. The van der Waals surface area contributed by atoms with Crippen molar-refractivity contribution < 1.29 is 27.8 Å². The smallest absolute Gasteiger partial charge is 0.387 e. The van der Waals surface area contributed by atoms with Crippen molar-refractivity contribution in [3.63, 3.8) is 0 Å². The van der Waals surface area contributed by atoms with E-state index in [0.717, 1.165) is 0 Å². The number of nitrogens with one attached hydrogen (secondary N) is 1. The number of carbonyl (C=O) groups is 1. The molecule has 0 spiro atoms. The Kier molecular flexibility index (Phi) is 7.14. The molecule has 140 valence electrons. The summed E-state index contributed by atoms with van der Waals surface area (Å²) in [6.45, 7) is -3.00. The number of hydrogen-bond acceptors (Lipinski definition) is 5. The van der Waals surface area contributed by atoms with Gasteiger partial charge >= 0.3 is 6.61 Å². The van der Waals surface area contributed by atoms with Gasteiger partial charge in [0, 0.05) is 11.8 Å². The van der Waals surface area contributed by atoms with Crippen LogP contribution in [-0.2, 0) is 4.79 Å². The predicted octanol–water partition coefficient (Wildman–Crippen LogP) is 3.85. The van der Waals surface area contributed by atoms with Crippen LogP contribution in [0, 0.1) is 11.3 Å². The van der Waals surface area contributed by atoms with Crippen molar-refractivity contribution in [2.24, 2.45) is 0 Å². The second-order valence-electron chi connectivity index (χ2n) is 5.08. The number of carbonyl (C=O) groups excluding carboxylic acids is 1. The van der Waals surface area contributed by atoms with E-state index in [0.29, 0.717) is 22.7 Å². The van der Waals surface area contributed by atoms with Crippen LogP contribution < -0.4 is 19.5 Å². The largest absolute Gasteiger partial charge is 0.493 e. The maximum atomic E-state index is 12.1. The van der Waals surface area contributed by atoms with E-state index in [1.807, 2.05) is 6.07 Å². The van der Waals surface area contributed by atoms with Crippen LogP contribution in [0.2, 0.25) is 0 Å². The zero-order valence-corrected chi connectivity index (χ0v) is 14.3. The van der Waals surface area contributed by atoms with E-state index in [4.69, 9.17) is 14.7 Å². The lowest BCUT2D eigenvalue weighted by Gasteiger charge is -2.09. The van der Waals surface area contributed by atoms with Gasteiger partial charge in [0.25, 0.3) is 0 Å². The van der Waals surface area contributed by atoms with Crippen LogP contribution in [0.1, 0.15) is 5.56 Å². The zero-order chi connectivity index (χ0) is 19.6. The molecule has 6 nitrogen and oxygen atoms in total. The normalized spacial score (nSPS) is 10.5. The first-order valence-corrected chi connectivity index (χ1v) is 7.73. The lowest BCUT2D eigenvalue weighted by Crippen LogP contribution is -2.08. The van der Waals surface area contributed by atoms with Crippen molar-refractivity contribution in [1.82, 2.24) is 0 Å². The molecule has 0 aliphatic rings. The van der Waals surface area contributed by atoms with Gasteiger partial charge in [0.1, 0.15) is 11.8 Å². The minimum Gasteiger partial charge on any atom is -0.493 e. The van der Waals surface area contributed by atoms with Gasteiger partial charge in [-0.15, -0.1) is 0 Å². The molecule has 1 N–H and O–H groups in total. The molecule has 0 aliphatic carbocycles. The molecule has 2 rings (SSSR count). The number of anilines is 1. The van der Waals surface area contributed by atoms with Crippen molar-refractivity contribution in [2.45, 2.75) is 6.61 Å². The number of nitriles is 1. The monoisotopic (exact) mass is 374 g/mol. The third-order valence-corrected chi connectivity index (χ3v) is 3.25. The molecule has 8 heteroatoms. The van der Waals surface area contributed by atoms with Crippen molar-refractivity contribution in [3.05, 3.63) is 54.1 Å². The molecule has 0 fully saturated rings. The zero-order valence-electron chi connectivity index (χ0n) is 14.3. The summed E-state index contributed by atoms with van der Waals surface area (Å²) in [5.41, 5.74) is 1.12. The molecule has 0 radical (unpaired) electrons. The SMILES string of the molecule is COc1cc(/C=C/C(=O)Nc2ccc(OC(F)F)cc2)ccc1OCC#N. The van der Waals surface area contributed by atoms with Crippen molar-refractivity contribution in [1.29, 1.82) is 5.26 Å². The Bertz CT molecular complexity index is 846. The summed E-state index contributed by atoms with van der Waals surface area (Å²) in [5.74, 6) is 0.458. The minimum atomic E-state index is -2.90. The van der Waals surface area contributed by atoms with Crippen molar-refractivity contribution in [3.8, 4) is 23.3 Å². The summed E-state index contributed by atoms with van der Waals surface area (Å²) in [4.78, 5) is 12.0. The summed E-state index contributed by atoms with van der Waals surface area (Å²) in [6.07, 6.45) is 2.88. The molecule has 0 saturated carbocycles. The Hall–Kier alpha value is -3.60. The van der Waals surface area contributed by atoms with Crippen molar-refractivity contribution >= 4 is 17.7 Å². The maximum Gasteiger partial charge on any atom is 0.387 e. The molecule has 0 bridgehead atoms. The first kappa shape index (κ1) is 19.7. The Balaban J connectivity index is 1.98. The maximum absolute atomic E-state index is 12.1. The highest BCUT2D eigenvalue weighted by atomic mass is 19.3. The average Bonchev–Trinajstić information content (AvgIpc) is 2.66. The Morgan fingerprint density at radius 3 is 2.59 bits per heavy atom. The van der Waals surface area contributed by atoms with E-state index >= 15 is 0 Å². The number of amides is 1. The number of alkyl halides is 2. The fourth-order valence-corrected chi connectivity index (χ4v) is 2.09. The molecule has 0 heterocycles. The number of rotatable bonds is 8. The summed E-state index contributed by atoms with van der Waals surface area (Å²) < 4.78 is 38.9. The van der Waals surface area contributed by atoms with Crippen LogP contribution in [0.5, 0.6) is 17.2 Å². The van der Waals surface area contributed by atoms with E-state index in [1.165, 1.54) is 37.5 Å². The Labute approximate surface area is 154 Å². The molecule has 2 aromatic rings. The highest BCUT2D eigenvalue weighted by Crippen LogP contribution is 2.28. The first-order chi connectivity index (χ1) is 13.0. The molecule has 0 aromatic heterocycles. The fourth-order valence-electron chi connectivity index (χ4n) is 2.09. The highest BCUT2D eigenvalue weighted by molar-refractivity contribution is 6.01. The Morgan fingerprint density at radius 2 is 1.96 bits per heavy atom. The van der Waals surface area contributed by atoms with Gasteiger partial charge in [-0.05, 0) is 48.0 Å². The molecule has 27 heavy (non-hydrogen) atoms. The van der Waals surface area contributed by atoms with Gasteiger partial charge in [0.15, 0.2) is 18.1 Å². The Morgan fingerprint density at radius 1 is 1.22 bits per heavy atom. The average molecular weight is 374 g/mol. The second kappa shape index (κ2) is 9.77. The second-order valence-corrected chi connectivity index (χ2v) is 5.08. The van der Waals surface area contributed by atoms with Crippen LogP contribution in [0.3, 0.4) is 0 Å². The summed E-state index contributed by atoms with van der Waals surface area (Å²) in [6, 6.07) is 12.4. The quantitative estimate of drug-likeness (QED) is 0.710.